The Morgan fingerprint density at radius 2 is 2.05 bits per heavy atom. The van der Waals surface area contributed by atoms with Gasteiger partial charge in [0.25, 0.3) is 10.0 Å². The second kappa shape index (κ2) is 7.12. The summed E-state index contributed by atoms with van der Waals surface area (Å²) in [5, 5.41) is 10.4. The second-order valence-corrected chi connectivity index (χ2v) is 7.42. The van der Waals surface area contributed by atoms with Gasteiger partial charge in [0.15, 0.2) is 0 Å². The third kappa shape index (κ3) is 6.92. The topological polar surface area (TPSA) is 124 Å². The number of amides is 1. The number of hydrogen-bond acceptors (Lipinski definition) is 6. The highest BCUT2D eigenvalue weighted by atomic mass is 32.2. The van der Waals surface area contributed by atoms with Crippen molar-refractivity contribution in [1.82, 2.24) is 10.6 Å². The van der Waals surface area contributed by atoms with Crippen LogP contribution in [0.1, 0.15) is 33.5 Å². The zero-order valence-electron chi connectivity index (χ0n) is 13.2. The number of nitrogens with one attached hydrogen (secondary N) is 2. The summed E-state index contributed by atoms with van der Waals surface area (Å²) >= 11 is 0. The molecule has 0 bridgehead atoms. The molecule has 1 heterocycles. The fourth-order valence-corrected chi connectivity index (χ4v) is 1.98. The van der Waals surface area contributed by atoms with E-state index in [0.29, 0.717) is 18.8 Å². The fourth-order valence-electron chi connectivity index (χ4n) is 1.50. The third-order valence-electron chi connectivity index (χ3n) is 2.49. The van der Waals surface area contributed by atoms with Crippen molar-refractivity contribution < 1.29 is 22.4 Å². The van der Waals surface area contributed by atoms with Crippen molar-refractivity contribution in [1.29, 1.82) is 0 Å². The number of hydrogen-bond donors (Lipinski definition) is 3. The Labute approximate surface area is 130 Å². The van der Waals surface area contributed by atoms with Crippen LogP contribution in [-0.4, -0.2) is 32.7 Å². The average Bonchev–Trinajstić information content (AvgIpc) is 2.80. The number of sulfonamides is 1. The number of carbonyl (C=O) groups excluding carboxylic acids is 1. The van der Waals surface area contributed by atoms with Crippen LogP contribution in [0, 0.1) is 0 Å². The number of carbonyl (C=O) groups is 1. The molecule has 0 radical (unpaired) electrons. The molecule has 0 aromatic carbocycles. The van der Waals surface area contributed by atoms with E-state index in [-0.39, 0.29) is 11.1 Å². The molecule has 8 nitrogen and oxygen atoms in total. The number of nitrogens with two attached hydrogens (primary N) is 1. The second-order valence-electron chi connectivity index (χ2n) is 5.93. The van der Waals surface area contributed by atoms with Gasteiger partial charge in [-0.3, -0.25) is 0 Å². The summed E-state index contributed by atoms with van der Waals surface area (Å²) in [6.07, 6.45) is -0.490. The van der Waals surface area contributed by atoms with E-state index in [1.165, 1.54) is 12.1 Å². The summed E-state index contributed by atoms with van der Waals surface area (Å²) in [5.74, 6) is 0.438. The van der Waals surface area contributed by atoms with Crippen LogP contribution < -0.4 is 15.8 Å². The summed E-state index contributed by atoms with van der Waals surface area (Å²) in [6, 6.07) is 2.77. The standard InChI is InChI=1S/C13H23N3O5S/c1-9(7-16-12(17)21-13(2,3)4)15-8-10-5-6-11(20-10)22(14,18)19/h5-6,9,15H,7-8H2,1-4H3,(H,16,17)(H2,14,18,19). The first-order chi connectivity index (χ1) is 9.97. The molecule has 0 spiro atoms. The van der Waals surface area contributed by atoms with E-state index in [1.54, 1.807) is 20.8 Å². The predicted molar refractivity (Wildman–Crippen MR) is 80.6 cm³/mol. The van der Waals surface area contributed by atoms with Crippen LogP contribution in [-0.2, 0) is 21.3 Å². The van der Waals surface area contributed by atoms with Crippen LogP contribution in [0.15, 0.2) is 21.6 Å². The molecule has 1 atom stereocenters. The van der Waals surface area contributed by atoms with Gasteiger partial charge in [-0.25, -0.2) is 18.4 Å². The maximum absolute atomic E-state index is 11.5. The molecule has 1 rings (SSSR count). The van der Waals surface area contributed by atoms with E-state index < -0.39 is 21.7 Å². The summed E-state index contributed by atoms with van der Waals surface area (Å²) < 4.78 is 32.4. The summed E-state index contributed by atoms with van der Waals surface area (Å²) in [7, 11) is -3.83. The first-order valence-electron chi connectivity index (χ1n) is 6.79. The first-order valence-corrected chi connectivity index (χ1v) is 8.34. The maximum Gasteiger partial charge on any atom is 0.407 e. The molecule has 0 saturated carbocycles. The SMILES string of the molecule is CC(CNC(=O)OC(C)(C)C)NCc1ccc(S(N)(=O)=O)o1. The Hall–Kier alpha value is -1.58. The van der Waals surface area contributed by atoms with Crippen molar-refractivity contribution in [2.75, 3.05) is 6.54 Å². The lowest BCUT2D eigenvalue weighted by atomic mass is 10.2. The Bertz CT molecular complexity index is 603. The predicted octanol–water partition coefficient (Wildman–Crippen LogP) is 0.930. The van der Waals surface area contributed by atoms with Crippen molar-refractivity contribution in [3.05, 3.63) is 17.9 Å². The molecule has 1 unspecified atom stereocenters. The summed E-state index contributed by atoms with van der Waals surface area (Å²) in [4.78, 5) is 11.5. The van der Waals surface area contributed by atoms with Crippen LogP contribution in [0.2, 0.25) is 0 Å². The number of rotatable bonds is 6. The van der Waals surface area contributed by atoms with Gasteiger partial charge in [0.2, 0.25) is 5.09 Å². The van der Waals surface area contributed by atoms with Gasteiger partial charge in [0.1, 0.15) is 11.4 Å². The molecule has 0 saturated heterocycles. The molecule has 0 fully saturated rings. The lowest BCUT2D eigenvalue weighted by Gasteiger charge is -2.21. The van der Waals surface area contributed by atoms with Gasteiger partial charge in [-0.2, -0.15) is 0 Å². The largest absolute Gasteiger partial charge is 0.447 e. The van der Waals surface area contributed by atoms with E-state index in [2.05, 4.69) is 10.6 Å². The highest BCUT2D eigenvalue weighted by Crippen LogP contribution is 2.12. The molecule has 22 heavy (non-hydrogen) atoms. The highest BCUT2D eigenvalue weighted by molar-refractivity contribution is 7.89. The molecular weight excluding hydrogens is 310 g/mol. The minimum Gasteiger partial charge on any atom is -0.447 e. The first kappa shape index (κ1) is 18.5. The van der Waals surface area contributed by atoms with Gasteiger partial charge < -0.3 is 19.8 Å². The number of alkyl carbamates (subject to hydrolysis) is 1. The van der Waals surface area contributed by atoms with Crippen LogP contribution in [0.4, 0.5) is 4.79 Å². The normalized spacial score (nSPS) is 13.7. The lowest BCUT2D eigenvalue weighted by molar-refractivity contribution is 0.0523. The number of ether oxygens (including phenoxy) is 1. The quantitative estimate of drug-likeness (QED) is 0.711. The van der Waals surface area contributed by atoms with Gasteiger partial charge in [-0.15, -0.1) is 0 Å². The zero-order valence-corrected chi connectivity index (χ0v) is 14.0. The molecule has 1 aromatic rings. The van der Waals surface area contributed by atoms with Crippen LogP contribution in [0.5, 0.6) is 0 Å². The Morgan fingerprint density at radius 1 is 1.41 bits per heavy atom. The minimum atomic E-state index is -3.83. The smallest absolute Gasteiger partial charge is 0.407 e. The number of primary sulfonamides is 1. The van der Waals surface area contributed by atoms with Gasteiger partial charge in [-0.05, 0) is 39.8 Å². The van der Waals surface area contributed by atoms with Crippen molar-refractivity contribution in [2.45, 2.75) is 51.0 Å². The van der Waals surface area contributed by atoms with Crippen molar-refractivity contribution in [3.8, 4) is 0 Å². The molecule has 1 aromatic heterocycles. The molecule has 0 aliphatic carbocycles. The average molecular weight is 333 g/mol. The minimum absolute atomic E-state index is 0.0597. The zero-order chi connectivity index (χ0) is 17.0. The summed E-state index contributed by atoms with van der Waals surface area (Å²) in [5.41, 5.74) is -0.543. The third-order valence-corrected chi connectivity index (χ3v) is 3.27. The van der Waals surface area contributed by atoms with E-state index in [9.17, 15) is 13.2 Å². The van der Waals surface area contributed by atoms with Crippen LogP contribution >= 0.6 is 0 Å². The van der Waals surface area contributed by atoms with Crippen LogP contribution in [0.3, 0.4) is 0 Å². The maximum atomic E-state index is 11.5. The highest BCUT2D eigenvalue weighted by Gasteiger charge is 2.17. The van der Waals surface area contributed by atoms with Gasteiger partial charge in [0, 0.05) is 12.6 Å². The van der Waals surface area contributed by atoms with Crippen molar-refractivity contribution >= 4 is 16.1 Å². The van der Waals surface area contributed by atoms with Crippen molar-refractivity contribution in [3.63, 3.8) is 0 Å². The monoisotopic (exact) mass is 333 g/mol. The molecular formula is C13H23N3O5S. The molecule has 4 N–H and O–H groups in total. The van der Waals surface area contributed by atoms with Crippen LogP contribution in [0.25, 0.3) is 0 Å². The molecule has 1 amide bonds. The Kier molecular flexibility index (Phi) is 5.98. The molecule has 126 valence electrons. The lowest BCUT2D eigenvalue weighted by Crippen LogP contribution is -2.40. The van der Waals surface area contributed by atoms with Gasteiger partial charge in [0.05, 0.1) is 6.54 Å². The van der Waals surface area contributed by atoms with Crippen molar-refractivity contribution in [2.24, 2.45) is 5.14 Å². The number of furan rings is 1. The molecule has 0 aliphatic heterocycles. The Morgan fingerprint density at radius 3 is 2.55 bits per heavy atom. The van der Waals surface area contributed by atoms with E-state index >= 15 is 0 Å². The van der Waals surface area contributed by atoms with Gasteiger partial charge >= 0.3 is 6.09 Å². The molecule has 0 aliphatic rings. The Balaban J connectivity index is 2.36. The fraction of sp³-hybridized carbons (Fsp3) is 0.615. The van der Waals surface area contributed by atoms with E-state index in [0.717, 1.165) is 0 Å². The summed E-state index contributed by atoms with van der Waals surface area (Å²) in [6.45, 7) is 7.89. The molecule has 9 heteroatoms. The van der Waals surface area contributed by atoms with Gasteiger partial charge in [-0.1, -0.05) is 0 Å². The van der Waals surface area contributed by atoms with E-state index in [1.807, 2.05) is 6.92 Å². The van der Waals surface area contributed by atoms with E-state index in [4.69, 9.17) is 14.3 Å².